The highest BCUT2D eigenvalue weighted by Crippen LogP contribution is 2.37. The first kappa shape index (κ1) is 17.9. The smallest absolute Gasteiger partial charge is 0.256 e. The van der Waals surface area contributed by atoms with Gasteiger partial charge >= 0.3 is 0 Å². The predicted molar refractivity (Wildman–Crippen MR) is 108 cm³/mol. The van der Waals surface area contributed by atoms with E-state index in [1.807, 2.05) is 16.7 Å². The first-order valence-corrected chi connectivity index (χ1v) is 9.50. The van der Waals surface area contributed by atoms with Gasteiger partial charge in [0.1, 0.15) is 23.6 Å². The summed E-state index contributed by atoms with van der Waals surface area (Å²) in [5.41, 5.74) is 1.10. The van der Waals surface area contributed by atoms with Crippen LogP contribution in [0.4, 0.5) is 5.82 Å². The minimum absolute atomic E-state index is 0.298. The number of nitrogens with zero attached hydrogens (tertiary/aromatic N) is 6. The van der Waals surface area contributed by atoms with Crippen molar-refractivity contribution in [1.29, 1.82) is 0 Å². The zero-order valence-corrected chi connectivity index (χ0v) is 15.8. The van der Waals surface area contributed by atoms with E-state index in [1.54, 1.807) is 55.0 Å². The maximum Gasteiger partial charge on any atom is 0.256 e. The van der Waals surface area contributed by atoms with Crippen molar-refractivity contribution in [2.45, 2.75) is 18.9 Å². The van der Waals surface area contributed by atoms with Crippen molar-refractivity contribution in [3.8, 4) is 23.1 Å². The number of nitrogens with one attached hydrogen (secondary N) is 1. The Bertz CT molecular complexity index is 1190. The third-order valence-corrected chi connectivity index (χ3v) is 4.60. The molecule has 0 bridgehead atoms. The molecule has 1 amide bonds. The van der Waals surface area contributed by atoms with Crippen LogP contribution in [0.3, 0.4) is 0 Å². The molecule has 0 aliphatic heterocycles. The summed E-state index contributed by atoms with van der Waals surface area (Å²) >= 11 is 0. The minimum atomic E-state index is -0.298. The first-order valence-electron chi connectivity index (χ1n) is 9.50. The summed E-state index contributed by atoms with van der Waals surface area (Å²) in [5.74, 6) is 1.68. The van der Waals surface area contributed by atoms with Gasteiger partial charge in [0, 0.05) is 23.9 Å². The number of rotatable bonds is 6. The largest absolute Gasteiger partial charge is 0.438 e. The molecule has 5 rings (SSSR count). The molecule has 0 radical (unpaired) electrons. The number of pyridine rings is 1. The van der Waals surface area contributed by atoms with Crippen LogP contribution in [0, 0.1) is 0 Å². The van der Waals surface area contributed by atoms with Crippen molar-refractivity contribution in [1.82, 2.24) is 29.9 Å². The molecular formula is C21H17N7O2. The van der Waals surface area contributed by atoms with Crippen LogP contribution < -0.4 is 10.1 Å². The molecule has 1 aliphatic rings. The van der Waals surface area contributed by atoms with Crippen molar-refractivity contribution in [2.24, 2.45) is 0 Å². The molecule has 30 heavy (non-hydrogen) atoms. The van der Waals surface area contributed by atoms with E-state index in [0.29, 0.717) is 40.6 Å². The van der Waals surface area contributed by atoms with Gasteiger partial charge in [-0.1, -0.05) is 12.1 Å². The van der Waals surface area contributed by atoms with E-state index in [4.69, 9.17) is 4.74 Å². The summed E-state index contributed by atoms with van der Waals surface area (Å²) in [7, 11) is 0. The van der Waals surface area contributed by atoms with Crippen LogP contribution in [-0.4, -0.2) is 35.9 Å². The Balaban J connectivity index is 1.33. The fourth-order valence-corrected chi connectivity index (χ4v) is 3.03. The Hall–Kier alpha value is -4.14. The monoisotopic (exact) mass is 399 g/mol. The summed E-state index contributed by atoms with van der Waals surface area (Å²) in [4.78, 5) is 17.3. The van der Waals surface area contributed by atoms with Crippen molar-refractivity contribution in [3.05, 3.63) is 72.7 Å². The van der Waals surface area contributed by atoms with Gasteiger partial charge in [-0.3, -0.25) is 4.79 Å². The highest BCUT2D eigenvalue weighted by atomic mass is 16.5. The lowest BCUT2D eigenvalue weighted by atomic mass is 10.2. The third-order valence-electron chi connectivity index (χ3n) is 4.60. The molecule has 3 aromatic heterocycles. The van der Waals surface area contributed by atoms with Crippen molar-refractivity contribution >= 4 is 11.7 Å². The summed E-state index contributed by atoms with van der Waals surface area (Å²) < 4.78 is 7.67. The SMILES string of the molecule is O=C(Nc1cccc(-c2nncn2C2CC2)n1)c1cccc(Oc2cccnn2)c1. The van der Waals surface area contributed by atoms with Crippen molar-refractivity contribution in [3.63, 3.8) is 0 Å². The Morgan fingerprint density at radius 1 is 1.03 bits per heavy atom. The van der Waals surface area contributed by atoms with E-state index < -0.39 is 0 Å². The number of benzene rings is 1. The summed E-state index contributed by atoms with van der Waals surface area (Å²) in [5, 5.41) is 18.7. The van der Waals surface area contributed by atoms with Crippen LogP contribution in [0.1, 0.15) is 29.2 Å². The van der Waals surface area contributed by atoms with Crippen LogP contribution in [0.25, 0.3) is 11.5 Å². The highest BCUT2D eigenvalue weighted by Gasteiger charge is 2.27. The van der Waals surface area contributed by atoms with Crippen LogP contribution in [0.15, 0.2) is 67.1 Å². The average molecular weight is 399 g/mol. The van der Waals surface area contributed by atoms with Crippen molar-refractivity contribution in [2.75, 3.05) is 5.32 Å². The van der Waals surface area contributed by atoms with E-state index in [2.05, 4.69) is 30.7 Å². The molecule has 0 atom stereocenters. The number of ether oxygens (including phenoxy) is 1. The molecule has 148 valence electrons. The molecule has 3 heterocycles. The van der Waals surface area contributed by atoms with E-state index in [0.717, 1.165) is 12.8 Å². The van der Waals surface area contributed by atoms with Crippen LogP contribution >= 0.6 is 0 Å². The van der Waals surface area contributed by atoms with E-state index in [-0.39, 0.29) is 5.91 Å². The van der Waals surface area contributed by atoms with Gasteiger partial charge in [-0.2, -0.15) is 5.10 Å². The molecule has 9 nitrogen and oxygen atoms in total. The second-order valence-electron chi connectivity index (χ2n) is 6.85. The molecule has 1 saturated carbocycles. The highest BCUT2D eigenvalue weighted by molar-refractivity contribution is 6.04. The summed E-state index contributed by atoms with van der Waals surface area (Å²) in [6.45, 7) is 0. The number of carbonyl (C=O) groups is 1. The zero-order valence-electron chi connectivity index (χ0n) is 15.8. The van der Waals surface area contributed by atoms with Gasteiger partial charge in [-0.05, 0) is 49.2 Å². The lowest BCUT2D eigenvalue weighted by Gasteiger charge is -2.09. The van der Waals surface area contributed by atoms with Gasteiger partial charge in [0.2, 0.25) is 5.88 Å². The molecule has 4 aromatic rings. The Morgan fingerprint density at radius 2 is 1.93 bits per heavy atom. The predicted octanol–water partition coefficient (Wildman–Crippen LogP) is 3.51. The Morgan fingerprint density at radius 3 is 2.77 bits per heavy atom. The molecule has 1 aromatic carbocycles. The van der Waals surface area contributed by atoms with Gasteiger partial charge in [0.15, 0.2) is 5.82 Å². The second kappa shape index (κ2) is 7.70. The number of hydrogen-bond donors (Lipinski definition) is 1. The molecule has 1 aliphatic carbocycles. The molecular weight excluding hydrogens is 382 g/mol. The van der Waals surface area contributed by atoms with E-state index in [9.17, 15) is 4.79 Å². The maximum absolute atomic E-state index is 12.7. The second-order valence-corrected chi connectivity index (χ2v) is 6.85. The molecule has 1 N–H and O–H groups in total. The number of anilines is 1. The standard InChI is InChI=1S/C21H17N7O2/c29-21(14-4-1-5-16(12-14)30-19-8-3-11-22-26-19)25-18-7-2-6-17(24-18)20-27-23-13-28(20)15-9-10-15/h1-8,11-13,15H,9-10H2,(H,24,25,29). The van der Waals surface area contributed by atoms with Crippen molar-refractivity contribution < 1.29 is 9.53 Å². The van der Waals surface area contributed by atoms with Gasteiger partial charge < -0.3 is 14.6 Å². The number of hydrogen-bond acceptors (Lipinski definition) is 7. The zero-order chi connectivity index (χ0) is 20.3. The van der Waals surface area contributed by atoms with Gasteiger partial charge in [0.25, 0.3) is 5.91 Å². The van der Waals surface area contributed by atoms with Crippen LogP contribution in [-0.2, 0) is 0 Å². The molecule has 0 unspecified atom stereocenters. The maximum atomic E-state index is 12.7. The summed E-state index contributed by atoms with van der Waals surface area (Å²) in [6.07, 6.45) is 5.52. The quantitative estimate of drug-likeness (QED) is 0.528. The normalized spacial score (nSPS) is 13.1. The molecule has 1 fully saturated rings. The molecule has 0 saturated heterocycles. The molecule has 9 heteroatoms. The van der Waals surface area contributed by atoms with Gasteiger partial charge in [0.05, 0.1) is 0 Å². The van der Waals surface area contributed by atoms with E-state index in [1.165, 1.54) is 0 Å². The summed E-state index contributed by atoms with van der Waals surface area (Å²) in [6, 6.07) is 16.1. The lowest BCUT2D eigenvalue weighted by Crippen LogP contribution is -2.13. The fourth-order valence-electron chi connectivity index (χ4n) is 3.03. The van der Waals surface area contributed by atoms with E-state index >= 15 is 0 Å². The third kappa shape index (κ3) is 3.86. The van der Waals surface area contributed by atoms with Gasteiger partial charge in [-0.25, -0.2) is 4.98 Å². The topological polar surface area (TPSA) is 108 Å². The fraction of sp³-hybridized carbons (Fsp3) is 0.143. The minimum Gasteiger partial charge on any atom is -0.438 e. The number of amides is 1. The Kier molecular flexibility index (Phi) is 4.60. The number of aromatic nitrogens is 6. The lowest BCUT2D eigenvalue weighted by molar-refractivity contribution is 0.102. The van der Waals surface area contributed by atoms with Crippen LogP contribution in [0.5, 0.6) is 11.6 Å². The van der Waals surface area contributed by atoms with Gasteiger partial charge in [-0.15, -0.1) is 15.3 Å². The first-order chi connectivity index (χ1) is 14.8. The van der Waals surface area contributed by atoms with Crippen LogP contribution in [0.2, 0.25) is 0 Å². The number of carbonyl (C=O) groups excluding carboxylic acids is 1. The molecule has 0 spiro atoms. The average Bonchev–Trinajstić information content (AvgIpc) is 3.51. The Labute approximate surface area is 171 Å².